The molecule has 33 heavy (non-hydrogen) atoms. The topological polar surface area (TPSA) is 98.3 Å². The SMILES string of the molecule is CCOC(=O)C1=C(COCCNC2=NCCS2)NC(C)=C(C(=O)OC)C1c1ccccc1Cl. The zero-order valence-corrected chi connectivity index (χ0v) is 20.5. The minimum absolute atomic E-state index is 0.127. The number of allylic oxidation sites excluding steroid dienone is 1. The number of hydrogen-bond acceptors (Lipinski definition) is 9. The van der Waals surface area contributed by atoms with Crippen molar-refractivity contribution >= 4 is 40.5 Å². The first-order chi connectivity index (χ1) is 16.0. The molecule has 2 heterocycles. The van der Waals surface area contributed by atoms with E-state index in [0.29, 0.717) is 40.7 Å². The number of dihydropyridines is 1. The van der Waals surface area contributed by atoms with Crippen molar-refractivity contribution in [3.8, 4) is 0 Å². The number of benzene rings is 1. The molecule has 0 aliphatic carbocycles. The van der Waals surface area contributed by atoms with E-state index < -0.39 is 17.9 Å². The van der Waals surface area contributed by atoms with Crippen molar-refractivity contribution in [2.24, 2.45) is 4.99 Å². The lowest BCUT2D eigenvalue weighted by Gasteiger charge is -2.31. The molecule has 0 spiro atoms. The largest absolute Gasteiger partial charge is 0.466 e. The second-order valence-electron chi connectivity index (χ2n) is 7.24. The Morgan fingerprint density at radius 3 is 2.73 bits per heavy atom. The van der Waals surface area contributed by atoms with Crippen LogP contribution in [0.2, 0.25) is 5.02 Å². The summed E-state index contributed by atoms with van der Waals surface area (Å²) in [5.74, 6) is -0.865. The van der Waals surface area contributed by atoms with Crippen molar-refractivity contribution in [2.75, 3.05) is 45.8 Å². The summed E-state index contributed by atoms with van der Waals surface area (Å²) in [5, 5.41) is 7.74. The molecule has 0 amide bonds. The van der Waals surface area contributed by atoms with Crippen LogP contribution in [0.3, 0.4) is 0 Å². The predicted octanol–water partition coefficient (Wildman–Crippen LogP) is 3.00. The lowest BCUT2D eigenvalue weighted by molar-refractivity contribution is -0.139. The van der Waals surface area contributed by atoms with Gasteiger partial charge in [0.1, 0.15) is 0 Å². The van der Waals surface area contributed by atoms with Gasteiger partial charge in [-0.3, -0.25) is 4.99 Å². The van der Waals surface area contributed by atoms with Crippen LogP contribution in [0.15, 0.2) is 51.8 Å². The molecular formula is C23H28ClN3O5S. The minimum atomic E-state index is -0.757. The Morgan fingerprint density at radius 2 is 2.06 bits per heavy atom. The van der Waals surface area contributed by atoms with Crippen LogP contribution in [-0.2, 0) is 23.8 Å². The number of esters is 2. The van der Waals surface area contributed by atoms with Gasteiger partial charge >= 0.3 is 11.9 Å². The Morgan fingerprint density at radius 1 is 1.27 bits per heavy atom. The van der Waals surface area contributed by atoms with Crippen LogP contribution in [0, 0.1) is 0 Å². The van der Waals surface area contributed by atoms with Gasteiger partial charge in [-0.25, -0.2) is 9.59 Å². The monoisotopic (exact) mass is 493 g/mol. The summed E-state index contributed by atoms with van der Waals surface area (Å²) in [6.07, 6.45) is 0. The number of hydrogen-bond donors (Lipinski definition) is 2. The molecule has 8 nitrogen and oxygen atoms in total. The van der Waals surface area contributed by atoms with E-state index >= 15 is 0 Å². The molecule has 0 fully saturated rings. The van der Waals surface area contributed by atoms with Crippen molar-refractivity contribution in [3.05, 3.63) is 57.4 Å². The lowest BCUT2D eigenvalue weighted by atomic mass is 9.80. The fourth-order valence-corrected chi connectivity index (χ4v) is 4.71. The highest BCUT2D eigenvalue weighted by Crippen LogP contribution is 2.41. The molecule has 0 bridgehead atoms. The quantitative estimate of drug-likeness (QED) is 0.400. The number of amidine groups is 1. The number of nitrogens with zero attached hydrogens (tertiary/aromatic N) is 1. The van der Waals surface area contributed by atoms with Crippen molar-refractivity contribution in [1.29, 1.82) is 0 Å². The maximum absolute atomic E-state index is 13.1. The second kappa shape index (κ2) is 12.1. The number of ether oxygens (including phenoxy) is 3. The van der Waals surface area contributed by atoms with E-state index in [1.807, 2.05) is 6.07 Å². The number of halogens is 1. The third-order valence-corrected chi connectivity index (χ3v) is 6.39. The first-order valence-corrected chi connectivity index (χ1v) is 12.0. The van der Waals surface area contributed by atoms with Gasteiger partial charge in [-0.2, -0.15) is 0 Å². The summed E-state index contributed by atoms with van der Waals surface area (Å²) in [4.78, 5) is 30.2. The molecule has 0 saturated carbocycles. The van der Waals surface area contributed by atoms with Gasteiger partial charge in [0, 0.05) is 23.0 Å². The minimum Gasteiger partial charge on any atom is -0.466 e. The molecular weight excluding hydrogens is 466 g/mol. The predicted molar refractivity (Wildman–Crippen MR) is 129 cm³/mol. The summed E-state index contributed by atoms with van der Waals surface area (Å²) in [7, 11) is 1.30. The molecule has 3 rings (SSSR count). The Balaban J connectivity index is 1.91. The zero-order chi connectivity index (χ0) is 23.8. The molecule has 178 valence electrons. The first kappa shape index (κ1) is 25.1. The zero-order valence-electron chi connectivity index (χ0n) is 18.9. The van der Waals surface area contributed by atoms with Crippen LogP contribution >= 0.6 is 23.4 Å². The number of methoxy groups -OCH3 is 1. The van der Waals surface area contributed by atoms with Crippen LogP contribution in [0.1, 0.15) is 25.3 Å². The standard InChI is InChI=1S/C23H28ClN3O5S/c1-4-32-22(29)20-17(13-31-11-9-25-23-26-10-12-33-23)27-14(2)18(21(28)30-3)19(20)15-7-5-6-8-16(15)24/h5-8,19,27H,4,9-13H2,1-3H3,(H,25,26). The molecule has 0 saturated heterocycles. The maximum atomic E-state index is 13.1. The fourth-order valence-electron chi connectivity index (χ4n) is 3.71. The highest BCUT2D eigenvalue weighted by molar-refractivity contribution is 8.14. The van der Waals surface area contributed by atoms with Crippen LogP contribution in [0.5, 0.6) is 0 Å². The Labute approximate surface area is 202 Å². The normalized spacial score (nSPS) is 18.1. The van der Waals surface area contributed by atoms with E-state index in [9.17, 15) is 9.59 Å². The Hall–Kier alpha value is -2.49. The highest BCUT2D eigenvalue weighted by atomic mass is 35.5. The van der Waals surface area contributed by atoms with Gasteiger partial charge in [-0.15, -0.1) is 0 Å². The van der Waals surface area contributed by atoms with Crippen molar-refractivity contribution in [1.82, 2.24) is 10.6 Å². The third kappa shape index (κ3) is 6.10. The van der Waals surface area contributed by atoms with Gasteiger partial charge in [0.25, 0.3) is 0 Å². The number of thioether (sulfide) groups is 1. The number of nitrogens with one attached hydrogen (secondary N) is 2. The molecule has 1 unspecified atom stereocenters. The first-order valence-electron chi connectivity index (χ1n) is 10.7. The Kier molecular flexibility index (Phi) is 9.22. The molecule has 0 aromatic heterocycles. The average Bonchev–Trinajstić information content (AvgIpc) is 3.32. The number of aliphatic imine (C=N–C) groups is 1. The van der Waals surface area contributed by atoms with E-state index in [-0.39, 0.29) is 18.8 Å². The molecule has 10 heteroatoms. The number of rotatable bonds is 9. The summed E-state index contributed by atoms with van der Waals surface area (Å²) < 4.78 is 16.2. The smallest absolute Gasteiger partial charge is 0.336 e. The molecule has 2 N–H and O–H groups in total. The van der Waals surface area contributed by atoms with E-state index in [2.05, 4.69) is 15.6 Å². The van der Waals surface area contributed by atoms with Crippen LogP contribution in [0.25, 0.3) is 0 Å². The summed E-state index contributed by atoms with van der Waals surface area (Å²) in [6, 6.07) is 7.11. The molecule has 1 atom stereocenters. The third-order valence-electron chi connectivity index (χ3n) is 5.12. The van der Waals surface area contributed by atoms with Gasteiger partial charge in [-0.05, 0) is 25.5 Å². The maximum Gasteiger partial charge on any atom is 0.336 e. The summed E-state index contributed by atoms with van der Waals surface area (Å²) in [6.45, 7) is 5.62. The van der Waals surface area contributed by atoms with Gasteiger partial charge in [-0.1, -0.05) is 41.6 Å². The van der Waals surface area contributed by atoms with Crippen molar-refractivity contribution < 1.29 is 23.8 Å². The van der Waals surface area contributed by atoms with Gasteiger partial charge < -0.3 is 24.8 Å². The van der Waals surface area contributed by atoms with Crippen molar-refractivity contribution in [2.45, 2.75) is 19.8 Å². The molecule has 2 aliphatic heterocycles. The summed E-state index contributed by atoms with van der Waals surface area (Å²) >= 11 is 8.18. The van der Waals surface area contributed by atoms with Crippen LogP contribution < -0.4 is 10.6 Å². The van der Waals surface area contributed by atoms with E-state index in [0.717, 1.165) is 17.5 Å². The molecule has 1 aromatic carbocycles. The Bertz CT molecular complexity index is 992. The van der Waals surface area contributed by atoms with Crippen LogP contribution in [-0.4, -0.2) is 62.9 Å². The van der Waals surface area contributed by atoms with E-state index in [4.69, 9.17) is 25.8 Å². The summed E-state index contributed by atoms with van der Waals surface area (Å²) in [5.41, 5.74) is 2.28. The average molecular weight is 494 g/mol. The number of carbonyl (C=O) groups is 2. The van der Waals surface area contributed by atoms with E-state index in [1.165, 1.54) is 7.11 Å². The second-order valence-corrected chi connectivity index (χ2v) is 8.73. The fraction of sp³-hybridized carbons (Fsp3) is 0.435. The van der Waals surface area contributed by atoms with E-state index in [1.54, 1.807) is 43.8 Å². The van der Waals surface area contributed by atoms with Gasteiger partial charge in [0.05, 0.1) is 56.2 Å². The molecule has 0 radical (unpaired) electrons. The highest BCUT2D eigenvalue weighted by Gasteiger charge is 2.39. The van der Waals surface area contributed by atoms with Gasteiger partial charge in [0.15, 0.2) is 5.17 Å². The molecule has 1 aromatic rings. The van der Waals surface area contributed by atoms with Crippen LogP contribution in [0.4, 0.5) is 0 Å². The lowest BCUT2D eigenvalue weighted by Crippen LogP contribution is -2.35. The van der Waals surface area contributed by atoms with Gasteiger partial charge in [0.2, 0.25) is 0 Å². The number of carbonyl (C=O) groups excluding carboxylic acids is 2. The molecule has 2 aliphatic rings. The van der Waals surface area contributed by atoms with Crippen molar-refractivity contribution in [3.63, 3.8) is 0 Å².